The molecule has 2 heterocycles. The minimum absolute atomic E-state index is 0.206. The first-order chi connectivity index (χ1) is 13.9. The Balaban J connectivity index is 1.49. The number of piperidine rings is 1. The van der Waals surface area contributed by atoms with E-state index in [9.17, 15) is 17.6 Å². The summed E-state index contributed by atoms with van der Waals surface area (Å²) in [7, 11) is -3.52. The highest BCUT2D eigenvalue weighted by molar-refractivity contribution is 7.99. The number of thioether (sulfide) groups is 1. The molecule has 0 aromatic heterocycles. The van der Waals surface area contributed by atoms with E-state index in [1.165, 1.54) is 40.7 Å². The zero-order valence-corrected chi connectivity index (χ0v) is 17.6. The third kappa shape index (κ3) is 4.34. The van der Waals surface area contributed by atoms with Crippen molar-refractivity contribution in [2.24, 2.45) is 0 Å². The second-order valence-electron chi connectivity index (χ2n) is 7.33. The van der Waals surface area contributed by atoms with Crippen molar-refractivity contribution in [3.8, 4) is 0 Å². The Morgan fingerprint density at radius 3 is 2.52 bits per heavy atom. The van der Waals surface area contributed by atoms with Crippen LogP contribution in [0.25, 0.3) is 0 Å². The van der Waals surface area contributed by atoms with Gasteiger partial charge in [0.25, 0.3) is 5.91 Å². The predicted molar refractivity (Wildman–Crippen MR) is 111 cm³/mol. The van der Waals surface area contributed by atoms with Gasteiger partial charge in [-0.2, -0.15) is 4.31 Å². The fraction of sp³-hybridized carbons (Fsp3) is 0.381. The molecule has 2 aliphatic rings. The van der Waals surface area contributed by atoms with Gasteiger partial charge in [0.15, 0.2) is 0 Å². The van der Waals surface area contributed by atoms with Crippen LogP contribution in [0, 0.1) is 5.82 Å². The summed E-state index contributed by atoms with van der Waals surface area (Å²) < 4.78 is 40.6. The summed E-state index contributed by atoms with van der Waals surface area (Å²) in [6.07, 6.45) is 3.52. The lowest BCUT2D eigenvalue weighted by molar-refractivity contribution is 0.0934. The van der Waals surface area contributed by atoms with Crippen molar-refractivity contribution in [1.82, 2.24) is 9.62 Å². The molecular weight excluding hydrogens is 411 g/mol. The van der Waals surface area contributed by atoms with Crippen LogP contribution in [0.2, 0.25) is 0 Å². The van der Waals surface area contributed by atoms with Crippen LogP contribution in [-0.2, 0) is 10.0 Å². The second kappa shape index (κ2) is 8.45. The summed E-state index contributed by atoms with van der Waals surface area (Å²) in [5, 5.41) is 2.96. The number of nitrogens with zero attached hydrogens (tertiary/aromatic N) is 1. The molecule has 0 radical (unpaired) electrons. The van der Waals surface area contributed by atoms with Crippen molar-refractivity contribution >= 4 is 27.7 Å². The third-order valence-corrected chi connectivity index (χ3v) is 8.42. The van der Waals surface area contributed by atoms with Gasteiger partial charge >= 0.3 is 0 Å². The summed E-state index contributed by atoms with van der Waals surface area (Å²) >= 11 is 1.65. The van der Waals surface area contributed by atoms with Crippen LogP contribution in [0.15, 0.2) is 52.3 Å². The van der Waals surface area contributed by atoms with E-state index in [0.29, 0.717) is 25.1 Å². The molecule has 1 N–H and O–H groups in total. The number of carbonyl (C=O) groups excluding carboxylic acids is 1. The molecule has 5 nitrogen and oxygen atoms in total. The van der Waals surface area contributed by atoms with Crippen molar-refractivity contribution in [2.75, 3.05) is 18.8 Å². The van der Waals surface area contributed by atoms with Crippen LogP contribution in [0.5, 0.6) is 0 Å². The van der Waals surface area contributed by atoms with Crippen LogP contribution in [0.4, 0.5) is 4.39 Å². The molecule has 154 valence electrons. The van der Waals surface area contributed by atoms with Crippen molar-refractivity contribution in [3.63, 3.8) is 0 Å². The lowest BCUT2D eigenvalue weighted by Gasteiger charge is -2.26. The minimum atomic E-state index is -3.52. The lowest BCUT2D eigenvalue weighted by atomic mass is 10.0. The maximum absolute atomic E-state index is 13.7. The molecule has 0 aliphatic carbocycles. The Labute approximate surface area is 174 Å². The van der Waals surface area contributed by atoms with E-state index in [4.69, 9.17) is 0 Å². The van der Waals surface area contributed by atoms with Gasteiger partial charge in [-0.3, -0.25) is 4.79 Å². The number of nitrogens with one attached hydrogen (secondary N) is 1. The first-order valence-corrected chi connectivity index (χ1v) is 12.2. The standard InChI is InChI=1S/C21H23FN2O3S2/c22-16-6-9-20-18(14-16)19(10-13-28-20)23-21(25)15-4-7-17(8-5-15)29(26,27)24-11-2-1-3-12-24/h4-9,14,19H,1-3,10-13H2,(H,23,25)/t19-/m1/s1. The lowest BCUT2D eigenvalue weighted by Crippen LogP contribution is -2.35. The Morgan fingerprint density at radius 1 is 1.07 bits per heavy atom. The summed E-state index contributed by atoms with van der Waals surface area (Å²) in [4.78, 5) is 13.9. The molecule has 4 rings (SSSR count). The number of rotatable bonds is 4. The van der Waals surface area contributed by atoms with Gasteiger partial charge in [0.05, 0.1) is 10.9 Å². The van der Waals surface area contributed by atoms with E-state index in [1.807, 2.05) is 0 Å². The average molecular weight is 435 g/mol. The van der Waals surface area contributed by atoms with Crippen LogP contribution >= 0.6 is 11.8 Å². The second-order valence-corrected chi connectivity index (χ2v) is 10.4. The SMILES string of the molecule is O=C(N[C@@H]1CCSc2ccc(F)cc21)c1ccc(S(=O)(=O)N2CCCCC2)cc1. The maximum Gasteiger partial charge on any atom is 0.251 e. The maximum atomic E-state index is 13.7. The van der Waals surface area contributed by atoms with E-state index in [0.717, 1.165) is 35.5 Å². The number of benzene rings is 2. The number of carbonyl (C=O) groups is 1. The van der Waals surface area contributed by atoms with E-state index < -0.39 is 10.0 Å². The molecule has 29 heavy (non-hydrogen) atoms. The number of halogens is 1. The van der Waals surface area contributed by atoms with Gasteiger partial charge in [-0.15, -0.1) is 11.8 Å². The summed E-state index contributed by atoms with van der Waals surface area (Å²) in [6.45, 7) is 1.08. The van der Waals surface area contributed by atoms with Crippen LogP contribution in [0.3, 0.4) is 0 Å². The Hall–Kier alpha value is -1.90. The first kappa shape index (κ1) is 20.4. The number of hydrogen-bond acceptors (Lipinski definition) is 4. The molecule has 1 saturated heterocycles. The van der Waals surface area contributed by atoms with E-state index in [1.54, 1.807) is 17.8 Å². The minimum Gasteiger partial charge on any atom is -0.345 e. The third-order valence-electron chi connectivity index (χ3n) is 5.39. The van der Waals surface area contributed by atoms with E-state index >= 15 is 0 Å². The zero-order valence-electron chi connectivity index (χ0n) is 15.9. The monoisotopic (exact) mass is 434 g/mol. The predicted octanol–water partition coefficient (Wildman–Crippen LogP) is 3.97. The summed E-state index contributed by atoms with van der Waals surface area (Å²) in [6, 6.07) is 10.4. The molecular formula is C21H23FN2O3S2. The highest BCUT2D eigenvalue weighted by Crippen LogP contribution is 2.36. The zero-order chi connectivity index (χ0) is 20.4. The van der Waals surface area contributed by atoms with E-state index in [-0.39, 0.29) is 22.7 Å². The average Bonchev–Trinajstić information content (AvgIpc) is 2.75. The van der Waals surface area contributed by atoms with Gasteiger partial charge in [-0.05, 0) is 67.3 Å². The molecule has 2 aliphatic heterocycles. The number of hydrogen-bond donors (Lipinski definition) is 1. The molecule has 8 heteroatoms. The topological polar surface area (TPSA) is 66.5 Å². The number of fused-ring (bicyclic) bond motifs is 1. The van der Waals surface area contributed by atoms with E-state index in [2.05, 4.69) is 5.32 Å². The van der Waals surface area contributed by atoms with Crippen LogP contribution < -0.4 is 5.32 Å². The Morgan fingerprint density at radius 2 is 1.79 bits per heavy atom. The molecule has 2 aromatic rings. The van der Waals surface area contributed by atoms with Crippen LogP contribution in [-0.4, -0.2) is 37.5 Å². The Kier molecular flexibility index (Phi) is 5.94. The smallest absolute Gasteiger partial charge is 0.251 e. The molecule has 2 aromatic carbocycles. The highest BCUT2D eigenvalue weighted by atomic mass is 32.2. The fourth-order valence-corrected chi connectivity index (χ4v) is 6.41. The van der Waals surface area contributed by atoms with Gasteiger partial charge in [0.2, 0.25) is 10.0 Å². The Bertz CT molecular complexity index is 1000. The van der Waals surface area contributed by atoms with Crippen LogP contribution in [0.1, 0.15) is 47.6 Å². The molecule has 1 amide bonds. The fourth-order valence-electron chi connectivity index (χ4n) is 3.79. The number of sulfonamides is 1. The first-order valence-electron chi connectivity index (χ1n) is 9.78. The van der Waals surface area contributed by atoms with Gasteiger partial charge in [-0.25, -0.2) is 12.8 Å². The van der Waals surface area contributed by atoms with Crippen molar-refractivity contribution in [1.29, 1.82) is 0 Å². The molecule has 0 bridgehead atoms. The van der Waals surface area contributed by atoms with Gasteiger partial charge < -0.3 is 5.32 Å². The van der Waals surface area contributed by atoms with Gasteiger partial charge in [0, 0.05) is 29.3 Å². The molecule has 1 atom stereocenters. The molecule has 0 spiro atoms. The summed E-state index contributed by atoms with van der Waals surface area (Å²) in [5.41, 5.74) is 1.18. The normalized spacial score (nSPS) is 20.1. The number of amides is 1. The van der Waals surface area contributed by atoms with Crippen molar-refractivity contribution < 1.29 is 17.6 Å². The molecule has 0 saturated carbocycles. The summed E-state index contributed by atoms with van der Waals surface area (Å²) in [5.74, 6) is 0.230. The van der Waals surface area contributed by atoms with Gasteiger partial charge in [-0.1, -0.05) is 6.42 Å². The van der Waals surface area contributed by atoms with Gasteiger partial charge in [0.1, 0.15) is 5.82 Å². The highest BCUT2D eigenvalue weighted by Gasteiger charge is 2.27. The molecule has 1 fully saturated rings. The quantitative estimate of drug-likeness (QED) is 0.791. The van der Waals surface area contributed by atoms with Crippen molar-refractivity contribution in [2.45, 2.75) is 41.5 Å². The van der Waals surface area contributed by atoms with Crippen molar-refractivity contribution in [3.05, 3.63) is 59.4 Å². The molecule has 0 unspecified atom stereocenters. The largest absolute Gasteiger partial charge is 0.345 e.